The van der Waals surface area contributed by atoms with Crippen LogP contribution in [0.25, 0.3) is 0 Å². The van der Waals surface area contributed by atoms with Crippen molar-refractivity contribution in [2.24, 2.45) is 29.1 Å². The Hall–Kier alpha value is 0.250. The van der Waals surface area contributed by atoms with Crippen molar-refractivity contribution in [2.45, 2.75) is 38.7 Å². The quantitative estimate of drug-likeness (QED) is 0.666. The van der Waals surface area contributed by atoms with Crippen LogP contribution >= 0.6 is 11.6 Å². The fourth-order valence-corrected chi connectivity index (χ4v) is 5.50. The Bertz CT molecular complexity index is 251. The highest BCUT2D eigenvalue weighted by atomic mass is 35.5. The van der Waals surface area contributed by atoms with Crippen molar-refractivity contribution in [3.63, 3.8) is 0 Å². The lowest BCUT2D eigenvalue weighted by Crippen LogP contribution is -2.39. The number of hydrogen-bond donors (Lipinski definition) is 1. The van der Waals surface area contributed by atoms with E-state index in [4.69, 9.17) is 11.6 Å². The zero-order valence-electron chi connectivity index (χ0n) is 8.75. The molecule has 2 bridgehead atoms. The van der Waals surface area contributed by atoms with Gasteiger partial charge < -0.3 is 5.11 Å². The molecule has 0 saturated heterocycles. The van der Waals surface area contributed by atoms with Gasteiger partial charge in [-0.25, -0.2) is 0 Å². The van der Waals surface area contributed by atoms with Gasteiger partial charge in [0.2, 0.25) is 0 Å². The number of hydrogen-bond acceptors (Lipinski definition) is 1. The third-order valence-corrected chi connectivity index (χ3v) is 5.95. The van der Waals surface area contributed by atoms with Gasteiger partial charge in [0, 0.05) is 11.3 Å². The van der Waals surface area contributed by atoms with Crippen molar-refractivity contribution in [1.29, 1.82) is 0 Å². The van der Waals surface area contributed by atoms with Crippen molar-refractivity contribution in [3.05, 3.63) is 0 Å². The van der Waals surface area contributed by atoms with Crippen LogP contribution in [0.4, 0.5) is 0 Å². The molecule has 3 rings (SSSR count). The molecule has 0 heterocycles. The Morgan fingerprint density at radius 1 is 1.36 bits per heavy atom. The maximum atomic E-state index is 10.2. The molecule has 0 radical (unpaired) electrons. The van der Waals surface area contributed by atoms with E-state index in [9.17, 15) is 5.11 Å². The van der Waals surface area contributed by atoms with Crippen LogP contribution in [-0.4, -0.2) is 17.1 Å². The highest BCUT2D eigenvalue weighted by Gasteiger charge is 2.65. The molecule has 3 aliphatic carbocycles. The van der Waals surface area contributed by atoms with E-state index < -0.39 is 0 Å². The van der Waals surface area contributed by atoms with Crippen molar-refractivity contribution in [1.82, 2.24) is 0 Å². The SMILES string of the molecule is CC12C(O)CC(C3CCCC31)C2CCl. The van der Waals surface area contributed by atoms with Gasteiger partial charge in [0.15, 0.2) is 0 Å². The molecule has 2 heteroatoms. The molecule has 1 N–H and O–H groups in total. The lowest BCUT2D eigenvalue weighted by Gasteiger charge is -2.38. The van der Waals surface area contributed by atoms with E-state index >= 15 is 0 Å². The molecular weight excluding hydrogens is 196 g/mol. The van der Waals surface area contributed by atoms with E-state index in [1.54, 1.807) is 0 Å². The van der Waals surface area contributed by atoms with E-state index in [-0.39, 0.29) is 11.5 Å². The largest absolute Gasteiger partial charge is 0.393 e. The molecule has 14 heavy (non-hydrogen) atoms. The predicted molar refractivity (Wildman–Crippen MR) is 57.3 cm³/mol. The Labute approximate surface area is 90.8 Å². The van der Waals surface area contributed by atoms with Crippen molar-refractivity contribution >= 4 is 11.6 Å². The van der Waals surface area contributed by atoms with Crippen molar-refractivity contribution < 1.29 is 5.11 Å². The van der Waals surface area contributed by atoms with Crippen molar-refractivity contribution in [3.8, 4) is 0 Å². The first-order valence-electron chi connectivity index (χ1n) is 5.93. The number of aliphatic hydroxyl groups excluding tert-OH is 1. The zero-order valence-corrected chi connectivity index (χ0v) is 9.50. The average Bonchev–Trinajstić information content (AvgIpc) is 2.75. The molecule has 3 saturated carbocycles. The van der Waals surface area contributed by atoms with Crippen molar-refractivity contribution in [2.75, 3.05) is 5.88 Å². The minimum Gasteiger partial charge on any atom is -0.393 e. The predicted octanol–water partition coefficient (Wildman–Crippen LogP) is 2.66. The van der Waals surface area contributed by atoms with E-state index in [0.717, 1.165) is 30.1 Å². The zero-order chi connectivity index (χ0) is 9.92. The Kier molecular flexibility index (Phi) is 1.95. The number of alkyl halides is 1. The maximum absolute atomic E-state index is 10.2. The molecule has 0 aliphatic heterocycles. The fourth-order valence-electron chi connectivity index (χ4n) is 4.93. The summed E-state index contributed by atoms with van der Waals surface area (Å²) in [4.78, 5) is 0. The van der Waals surface area contributed by atoms with Gasteiger partial charge in [0.05, 0.1) is 6.10 Å². The first-order chi connectivity index (χ1) is 6.69. The topological polar surface area (TPSA) is 20.2 Å². The van der Waals surface area contributed by atoms with Gasteiger partial charge in [-0.05, 0) is 42.9 Å². The third-order valence-electron chi connectivity index (χ3n) is 5.61. The number of aliphatic hydroxyl groups is 1. The highest BCUT2D eigenvalue weighted by Crippen LogP contribution is 2.68. The van der Waals surface area contributed by atoms with Gasteiger partial charge in [0.25, 0.3) is 0 Å². The first-order valence-corrected chi connectivity index (χ1v) is 6.47. The molecule has 1 nitrogen and oxygen atoms in total. The summed E-state index contributed by atoms with van der Waals surface area (Å²) >= 11 is 6.09. The molecule has 3 aliphatic rings. The van der Waals surface area contributed by atoms with Crippen LogP contribution in [0.15, 0.2) is 0 Å². The van der Waals surface area contributed by atoms with Gasteiger partial charge >= 0.3 is 0 Å². The van der Waals surface area contributed by atoms with Crippen LogP contribution in [0.1, 0.15) is 32.6 Å². The molecule has 0 amide bonds. The second-order valence-corrected chi connectivity index (χ2v) is 6.05. The lowest BCUT2D eigenvalue weighted by atomic mass is 9.70. The molecule has 6 unspecified atom stereocenters. The molecule has 3 fully saturated rings. The summed E-state index contributed by atoms with van der Waals surface area (Å²) in [6, 6.07) is 0. The summed E-state index contributed by atoms with van der Waals surface area (Å²) in [5.41, 5.74) is 0.160. The molecule has 0 aromatic rings. The minimum atomic E-state index is -0.0735. The normalized spacial score (nSPS) is 60.6. The monoisotopic (exact) mass is 214 g/mol. The molecule has 80 valence electrons. The second-order valence-electron chi connectivity index (χ2n) is 5.74. The summed E-state index contributed by atoms with van der Waals surface area (Å²) in [5, 5.41) is 10.2. The molecule has 0 aromatic heterocycles. The molecule has 0 spiro atoms. The summed E-state index contributed by atoms with van der Waals surface area (Å²) < 4.78 is 0. The summed E-state index contributed by atoms with van der Waals surface area (Å²) in [5.74, 6) is 3.76. The molecule has 0 aromatic carbocycles. The number of fused-ring (bicyclic) bond motifs is 5. The van der Waals surface area contributed by atoms with Gasteiger partial charge in [-0.1, -0.05) is 13.3 Å². The summed E-state index contributed by atoms with van der Waals surface area (Å²) in [7, 11) is 0. The maximum Gasteiger partial charge on any atom is 0.0602 e. The van der Waals surface area contributed by atoms with Crippen LogP contribution in [0.2, 0.25) is 0 Å². The van der Waals surface area contributed by atoms with E-state index in [1.807, 2.05) is 0 Å². The van der Waals surface area contributed by atoms with Gasteiger partial charge in [-0.15, -0.1) is 11.6 Å². The van der Waals surface area contributed by atoms with Gasteiger partial charge in [-0.3, -0.25) is 0 Å². The number of rotatable bonds is 1. The molecular formula is C12H19ClO. The standard InChI is InChI=1S/C12H19ClO/c1-12-9-4-2-3-7(9)8(5-11(12)14)10(12)6-13/h7-11,14H,2-6H2,1H3. The van der Waals surface area contributed by atoms with E-state index in [1.165, 1.54) is 19.3 Å². The van der Waals surface area contributed by atoms with Crippen LogP contribution in [0, 0.1) is 29.1 Å². The smallest absolute Gasteiger partial charge is 0.0602 e. The average molecular weight is 215 g/mol. The summed E-state index contributed by atoms with van der Waals surface area (Å²) in [6.45, 7) is 2.29. The third kappa shape index (κ3) is 0.869. The Morgan fingerprint density at radius 3 is 2.86 bits per heavy atom. The van der Waals surface area contributed by atoms with Crippen LogP contribution < -0.4 is 0 Å². The second kappa shape index (κ2) is 2.89. The minimum absolute atomic E-state index is 0.0735. The van der Waals surface area contributed by atoms with E-state index in [0.29, 0.717) is 5.92 Å². The van der Waals surface area contributed by atoms with Crippen LogP contribution in [0.5, 0.6) is 0 Å². The lowest BCUT2D eigenvalue weighted by molar-refractivity contribution is -0.00978. The number of halogens is 1. The van der Waals surface area contributed by atoms with Crippen LogP contribution in [-0.2, 0) is 0 Å². The van der Waals surface area contributed by atoms with E-state index in [2.05, 4.69) is 6.92 Å². The van der Waals surface area contributed by atoms with Gasteiger partial charge in [0.1, 0.15) is 0 Å². The van der Waals surface area contributed by atoms with Crippen LogP contribution in [0.3, 0.4) is 0 Å². The summed E-state index contributed by atoms with van der Waals surface area (Å²) in [6.07, 6.45) is 5.06. The Morgan fingerprint density at radius 2 is 2.14 bits per heavy atom. The molecule has 6 atom stereocenters. The highest BCUT2D eigenvalue weighted by molar-refractivity contribution is 6.18. The Balaban J connectivity index is 2.00. The first kappa shape index (κ1) is 9.47. The van der Waals surface area contributed by atoms with Gasteiger partial charge in [-0.2, -0.15) is 0 Å². The fraction of sp³-hybridized carbons (Fsp3) is 1.00.